The molecule has 0 spiro atoms. The minimum absolute atomic E-state index is 0.0359. The summed E-state index contributed by atoms with van der Waals surface area (Å²) in [5, 5.41) is 3.98. The Morgan fingerprint density at radius 2 is 1.59 bits per heavy atom. The van der Waals surface area contributed by atoms with E-state index < -0.39 is 24.7 Å². The van der Waals surface area contributed by atoms with Crippen molar-refractivity contribution < 1.29 is 27.5 Å². The first-order chi connectivity index (χ1) is 12.6. The van der Waals surface area contributed by atoms with Crippen LogP contribution in [0.5, 0.6) is 5.75 Å². The summed E-state index contributed by atoms with van der Waals surface area (Å²) in [5.41, 5.74) is 0.120. The van der Waals surface area contributed by atoms with Crippen molar-refractivity contribution in [2.45, 2.75) is 6.18 Å². The Morgan fingerprint density at radius 1 is 1.00 bits per heavy atom. The van der Waals surface area contributed by atoms with Gasteiger partial charge < -0.3 is 10.1 Å². The molecule has 2 rings (SSSR count). The van der Waals surface area contributed by atoms with Crippen LogP contribution < -0.4 is 15.4 Å². The van der Waals surface area contributed by atoms with E-state index in [0.29, 0.717) is 0 Å². The number of carbonyl (C=O) groups excluding carboxylic acids is 2. The van der Waals surface area contributed by atoms with Gasteiger partial charge in [-0.05, 0) is 24.3 Å². The van der Waals surface area contributed by atoms with E-state index >= 15 is 0 Å². The Labute approximate surface area is 166 Å². The molecule has 27 heavy (non-hydrogen) atoms. The minimum Gasteiger partial charge on any atom is -0.481 e. The van der Waals surface area contributed by atoms with Crippen LogP contribution in [0.4, 0.5) is 23.7 Å². The predicted molar refractivity (Wildman–Crippen MR) is 95.9 cm³/mol. The molecule has 11 heteroatoms. The van der Waals surface area contributed by atoms with Crippen LogP contribution in [-0.2, 0) is 0 Å². The van der Waals surface area contributed by atoms with Gasteiger partial charge in [0.05, 0.1) is 20.6 Å². The molecule has 0 atom stereocenters. The highest BCUT2D eigenvalue weighted by Gasteiger charge is 2.29. The van der Waals surface area contributed by atoms with Crippen molar-refractivity contribution in [2.24, 2.45) is 0 Å². The molecule has 0 aliphatic carbocycles. The zero-order valence-corrected chi connectivity index (χ0v) is 15.4. The number of rotatable bonds is 4. The molecule has 5 nitrogen and oxygen atoms in total. The first kappa shape index (κ1) is 21.1. The summed E-state index contributed by atoms with van der Waals surface area (Å²) in [6.45, 7) is -1.58. The Balaban J connectivity index is 2.06. The molecule has 2 aromatic rings. The van der Waals surface area contributed by atoms with Gasteiger partial charge in [-0.25, -0.2) is 4.79 Å². The third kappa shape index (κ3) is 6.20. The van der Waals surface area contributed by atoms with Gasteiger partial charge in [-0.2, -0.15) is 13.2 Å². The largest absolute Gasteiger partial charge is 0.481 e. The maximum absolute atomic E-state index is 12.2. The van der Waals surface area contributed by atoms with Crippen molar-refractivity contribution in [1.29, 1.82) is 0 Å². The van der Waals surface area contributed by atoms with E-state index in [4.69, 9.17) is 34.8 Å². The van der Waals surface area contributed by atoms with E-state index in [1.165, 1.54) is 12.1 Å². The number of benzene rings is 2. The number of urea groups is 1. The second-order valence-electron chi connectivity index (χ2n) is 5.06. The molecule has 3 amide bonds. The van der Waals surface area contributed by atoms with Crippen LogP contribution in [0.15, 0.2) is 36.4 Å². The maximum Gasteiger partial charge on any atom is 0.422 e. The highest BCUT2D eigenvalue weighted by molar-refractivity contribution is 6.37. The van der Waals surface area contributed by atoms with Gasteiger partial charge in [0.1, 0.15) is 0 Å². The zero-order valence-electron chi connectivity index (χ0n) is 13.2. The summed E-state index contributed by atoms with van der Waals surface area (Å²) in [6, 6.07) is 7.41. The Morgan fingerprint density at radius 3 is 2.15 bits per heavy atom. The van der Waals surface area contributed by atoms with E-state index in [9.17, 15) is 22.8 Å². The standard InChI is InChI=1S/C16H10Cl3F3N2O3/c17-10-4-2-1-3-9(10)14(25)24-15(26)23-8-5-11(18)13(12(19)6-8)27-7-16(20,21)22/h1-6H,7H2,(H2,23,24,25,26). The van der Waals surface area contributed by atoms with Crippen molar-refractivity contribution in [2.75, 3.05) is 11.9 Å². The van der Waals surface area contributed by atoms with Crippen LogP contribution in [0.2, 0.25) is 15.1 Å². The van der Waals surface area contributed by atoms with Gasteiger partial charge in [0, 0.05) is 5.69 Å². The van der Waals surface area contributed by atoms with Crippen LogP contribution in [0, 0.1) is 0 Å². The molecule has 0 saturated carbocycles. The number of hydrogen-bond acceptors (Lipinski definition) is 3. The third-order valence-corrected chi connectivity index (χ3v) is 3.87. The molecule has 0 bridgehead atoms. The maximum atomic E-state index is 12.2. The fraction of sp³-hybridized carbons (Fsp3) is 0.125. The number of alkyl halides is 3. The topological polar surface area (TPSA) is 67.4 Å². The highest BCUT2D eigenvalue weighted by Crippen LogP contribution is 2.36. The average molecular weight is 442 g/mol. The van der Waals surface area contributed by atoms with Crippen molar-refractivity contribution >= 4 is 52.4 Å². The lowest BCUT2D eigenvalue weighted by Gasteiger charge is -2.14. The SMILES string of the molecule is O=C(NC(=O)c1ccccc1Cl)Nc1cc(Cl)c(OCC(F)(F)F)c(Cl)c1. The molecule has 144 valence electrons. The van der Waals surface area contributed by atoms with Gasteiger partial charge in [0.15, 0.2) is 12.4 Å². The molecule has 0 fully saturated rings. The van der Waals surface area contributed by atoms with Crippen molar-refractivity contribution in [3.63, 3.8) is 0 Å². The normalized spacial score (nSPS) is 11.0. The van der Waals surface area contributed by atoms with E-state index in [1.54, 1.807) is 12.1 Å². The molecular weight excluding hydrogens is 432 g/mol. The summed E-state index contributed by atoms with van der Waals surface area (Å²) in [7, 11) is 0. The Hall–Kier alpha value is -2.16. The second kappa shape index (κ2) is 8.69. The second-order valence-corrected chi connectivity index (χ2v) is 6.28. The zero-order chi connectivity index (χ0) is 20.2. The van der Waals surface area contributed by atoms with Gasteiger partial charge in [-0.3, -0.25) is 10.1 Å². The van der Waals surface area contributed by atoms with Crippen LogP contribution in [0.3, 0.4) is 0 Å². The van der Waals surface area contributed by atoms with Crippen LogP contribution >= 0.6 is 34.8 Å². The average Bonchev–Trinajstić information content (AvgIpc) is 2.53. The number of anilines is 1. The van der Waals surface area contributed by atoms with E-state index in [1.807, 2.05) is 5.32 Å². The summed E-state index contributed by atoms with van der Waals surface area (Å²) in [6.07, 6.45) is -4.57. The molecule has 2 N–H and O–H groups in total. The van der Waals surface area contributed by atoms with E-state index in [-0.39, 0.29) is 32.1 Å². The third-order valence-electron chi connectivity index (χ3n) is 2.98. The van der Waals surface area contributed by atoms with Crippen molar-refractivity contribution in [1.82, 2.24) is 5.32 Å². The van der Waals surface area contributed by atoms with Gasteiger partial charge in [0.2, 0.25) is 0 Å². The molecular formula is C16H10Cl3F3N2O3. The predicted octanol–water partition coefficient (Wildman–Crippen LogP) is 5.55. The lowest BCUT2D eigenvalue weighted by molar-refractivity contribution is -0.153. The number of nitrogens with one attached hydrogen (secondary N) is 2. The summed E-state index contributed by atoms with van der Waals surface area (Å²) in [5.74, 6) is -1.13. The molecule has 0 radical (unpaired) electrons. The number of amides is 3. The minimum atomic E-state index is -4.57. The molecule has 0 heterocycles. The fourth-order valence-corrected chi connectivity index (χ4v) is 2.72. The van der Waals surface area contributed by atoms with Crippen LogP contribution in [-0.4, -0.2) is 24.7 Å². The molecule has 0 aliphatic heterocycles. The van der Waals surface area contributed by atoms with Gasteiger partial charge in [-0.15, -0.1) is 0 Å². The number of halogens is 6. The molecule has 0 aromatic heterocycles. The Kier molecular flexibility index (Phi) is 6.80. The van der Waals surface area contributed by atoms with Crippen molar-refractivity contribution in [3.05, 3.63) is 57.0 Å². The summed E-state index contributed by atoms with van der Waals surface area (Å²) in [4.78, 5) is 23.9. The van der Waals surface area contributed by atoms with Gasteiger partial charge >= 0.3 is 12.2 Å². The molecule has 0 saturated heterocycles. The van der Waals surface area contributed by atoms with Gasteiger partial charge in [0.25, 0.3) is 5.91 Å². The number of hydrogen-bond donors (Lipinski definition) is 2. The highest BCUT2D eigenvalue weighted by atomic mass is 35.5. The Bertz CT molecular complexity index is 852. The van der Waals surface area contributed by atoms with E-state index in [2.05, 4.69) is 10.1 Å². The monoisotopic (exact) mass is 440 g/mol. The summed E-state index contributed by atoms with van der Waals surface area (Å²) < 4.78 is 41.2. The summed E-state index contributed by atoms with van der Waals surface area (Å²) >= 11 is 17.5. The smallest absolute Gasteiger partial charge is 0.422 e. The molecule has 0 aliphatic rings. The van der Waals surface area contributed by atoms with Gasteiger partial charge in [-0.1, -0.05) is 46.9 Å². The lowest BCUT2D eigenvalue weighted by Crippen LogP contribution is -2.34. The molecule has 0 unspecified atom stereocenters. The number of ether oxygens (including phenoxy) is 1. The molecule has 2 aromatic carbocycles. The fourth-order valence-electron chi connectivity index (χ4n) is 1.90. The van der Waals surface area contributed by atoms with Crippen molar-refractivity contribution in [3.8, 4) is 5.75 Å². The van der Waals surface area contributed by atoms with Crippen LogP contribution in [0.25, 0.3) is 0 Å². The number of carbonyl (C=O) groups is 2. The van der Waals surface area contributed by atoms with Crippen LogP contribution in [0.1, 0.15) is 10.4 Å². The quantitative estimate of drug-likeness (QED) is 0.654. The first-order valence-corrected chi connectivity index (χ1v) is 8.25. The van der Waals surface area contributed by atoms with E-state index in [0.717, 1.165) is 12.1 Å². The number of imide groups is 1. The lowest BCUT2D eigenvalue weighted by atomic mass is 10.2. The first-order valence-electron chi connectivity index (χ1n) is 7.12.